The lowest BCUT2D eigenvalue weighted by atomic mass is 9.81. The molecule has 3 heteroatoms. The lowest BCUT2D eigenvalue weighted by molar-refractivity contribution is -0.131. The zero-order chi connectivity index (χ0) is 12.7. The maximum atomic E-state index is 12.2. The molecule has 0 aromatic carbocycles. The van der Waals surface area contributed by atoms with E-state index in [2.05, 4.69) is 17.5 Å². The fourth-order valence-corrected chi connectivity index (χ4v) is 2.42. The normalized spacial score (nSPS) is 20.3. The van der Waals surface area contributed by atoms with Gasteiger partial charge in [0.25, 0.3) is 0 Å². The van der Waals surface area contributed by atoms with E-state index >= 15 is 0 Å². The first kappa shape index (κ1) is 14.2. The molecule has 98 valence electrons. The number of carbonyl (C=O) groups excluding carboxylic acids is 1. The third kappa shape index (κ3) is 3.56. The molecule has 0 bridgehead atoms. The number of hydrogen-bond donors (Lipinski definition) is 2. The molecule has 1 rings (SSSR count). The third-order valence-electron chi connectivity index (χ3n) is 4.15. The van der Waals surface area contributed by atoms with Crippen molar-refractivity contribution in [2.24, 2.45) is 17.1 Å². The topological polar surface area (TPSA) is 55.1 Å². The largest absolute Gasteiger partial charge is 0.355 e. The van der Waals surface area contributed by atoms with Crippen molar-refractivity contribution < 1.29 is 4.79 Å². The molecule has 1 amide bonds. The quantitative estimate of drug-likeness (QED) is 0.697. The van der Waals surface area contributed by atoms with Gasteiger partial charge in [-0.05, 0) is 38.0 Å². The highest BCUT2D eigenvalue weighted by atomic mass is 16.2. The van der Waals surface area contributed by atoms with E-state index in [0.717, 1.165) is 32.2 Å². The second kappa shape index (κ2) is 6.80. The predicted molar refractivity (Wildman–Crippen MR) is 71.6 cm³/mol. The Labute approximate surface area is 105 Å². The smallest absolute Gasteiger partial charge is 0.227 e. The molecule has 0 saturated heterocycles. The van der Waals surface area contributed by atoms with Gasteiger partial charge >= 0.3 is 0 Å². The molecule has 3 N–H and O–H groups in total. The SMILES string of the molecule is CCC(CC)(CN)C(=O)NCC1CC=CCC1. The average Bonchev–Trinajstić information content (AvgIpc) is 2.40. The molecule has 0 spiro atoms. The van der Waals surface area contributed by atoms with E-state index in [4.69, 9.17) is 5.73 Å². The Bertz CT molecular complexity index is 261. The van der Waals surface area contributed by atoms with Crippen LogP contribution >= 0.6 is 0 Å². The van der Waals surface area contributed by atoms with Gasteiger partial charge in [0.05, 0.1) is 5.41 Å². The molecule has 1 aliphatic carbocycles. The van der Waals surface area contributed by atoms with Gasteiger partial charge in [-0.1, -0.05) is 26.0 Å². The van der Waals surface area contributed by atoms with Crippen LogP contribution in [0.25, 0.3) is 0 Å². The minimum absolute atomic E-state index is 0.138. The van der Waals surface area contributed by atoms with Crippen molar-refractivity contribution in [3.8, 4) is 0 Å². The summed E-state index contributed by atoms with van der Waals surface area (Å²) >= 11 is 0. The molecule has 0 radical (unpaired) electrons. The summed E-state index contributed by atoms with van der Waals surface area (Å²) in [6, 6.07) is 0. The number of allylic oxidation sites excluding steroid dienone is 2. The van der Waals surface area contributed by atoms with Gasteiger partial charge in [-0.15, -0.1) is 0 Å². The number of nitrogens with one attached hydrogen (secondary N) is 1. The fourth-order valence-electron chi connectivity index (χ4n) is 2.42. The lowest BCUT2D eigenvalue weighted by Crippen LogP contribution is -2.46. The molecule has 3 nitrogen and oxygen atoms in total. The standard InChI is InChI=1S/C14H26N2O/c1-3-14(4-2,11-15)13(17)16-10-12-8-6-5-7-9-12/h5-6,12H,3-4,7-11,15H2,1-2H3,(H,16,17). The highest BCUT2D eigenvalue weighted by molar-refractivity contribution is 5.82. The van der Waals surface area contributed by atoms with Crippen molar-refractivity contribution in [2.75, 3.05) is 13.1 Å². The van der Waals surface area contributed by atoms with Gasteiger partial charge in [-0.3, -0.25) is 4.79 Å². The van der Waals surface area contributed by atoms with Gasteiger partial charge in [0.15, 0.2) is 0 Å². The first-order chi connectivity index (χ1) is 8.18. The van der Waals surface area contributed by atoms with E-state index in [9.17, 15) is 4.79 Å². The number of nitrogens with two attached hydrogens (primary N) is 1. The number of amides is 1. The van der Waals surface area contributed by atoms with Crippen LogP contribution in [0.3, 0.4) is 0 Å². The molecule has 1 aliphatic rings. The van der Waals surface area contributed by atoms with Crippen molar-refractivity contribution in [1.29, 1.82) is 0 Å². The summed E-state index contributed by atoms with van der Waals surface area (Å²) in [5.41, 5.74) is 5.41. The van der Waals surface area contributed by atoms with Crippen LogP contribution in [0.15, 0.2) is 12.2 Å². The van der Waals surface area contributed by atoms with E-state index in [1.807, 2.05) is 13.8 Å². The van der Waals surface area contributed by atoms with Gasteiger partial charge < -0.3 is 11.1 Å². The molecule has 0 aliphatic heterocycles. The van der Waals surface area contributed by atoms with Crippen LogP contribution < -0.4 is 11.1 Å². The zero-order valence-corrected chi connectivity index (χ0v) is 11.2. The molecule has 0 heterocycles. The van der Waals surface area contributed by atoms with Gasteiger partial charge in [0.2, 0.25) is 5.91 Å². The third-order valence-corrected chi connectivity index (χ3v) is 4.15. The molecule has 0 fully saturated rings. The number of carbonyl (C=O) groups is 1. The van der Waals surface area contributed by atoms with Crippen LogP contribution in [0, 0.1) is 11.3 Å². The van der Waals surface area contributed by atoms with E-state index in [1.54, 1.807) is 0 Å². The molecule has 0 aromatic rings. The second-order valence-electron chi connectivity index (χ2n) is 5.05. The molecular weight excluding hydrogens is 212 g/mol. The molecule has 17 heavy (non-hydrogen) atoms. The first-order valence-electron chi connectivity index (χ1n) is 6.82. The number of rotatable bonds is 6. The molecule has 1 atom stereocenters. The molecular formula is C14H26N2O. The minimum atomic E-state index is -0.357. The summed E-state index contributed by atoms with van der Waals surface area (Å²) < 4.78 is 0. The monoisotopic (exact) mass is 238 g/mol. The zero-order valence-electron chi connectivity index (χ0n) is 11.2. The molecule has 0 saturated carbocycles. The number of hydrogen-bond acceptors (Lipinski definition) is 2. The Kier molecular flexibility index (Phi) is 5.69. The van der Waals surface area contributed by atoms with Gasteiger partial charge in [0, 0.05) is 13.1 Å². The van der Waals surface area contributed by atoms with Crippen LogP contribution in [0.5, 0.6) is 0 Å². The van der Waals surface area contributed by atoms with Crippen LogP contribution in [-0.4, -0.2) is 19.0 Å². The average molecular weight is 238 g/mol. The first-order valence-corrected chi connectivity index (χ1v) is 6.82. The second-order valence-corrected chi connectivity index (χ2v) is 5.05. The fraction of sp³-hybridized carbons (Fsp3) is 0.786. The summed E-state index contributed by atoms with van der Waals surface area (Å²) in [7, 11) is 0. The highest BCUT2D eigenvalue weighted by Gasteiger charge is 2.33. The Morgan fingerprint density at radius 3 is 2.59 bits per heavy atom. The highest BCUT2D eigenvalue weighted by Crippen LogP contribution is 2.25. The summed E-state index contributed by atoms with van der Waals surface area (Å²) in [5.74, 6) is 0.743. The van der Waals surface area contributed by atoms with Crippen LogP contribution in [0.1, 0.15) is 46.0 Å². The minimum Gasteiger partial charge on any atom is -0.355 e. The van der Waals surface area contributed by atoms with Crippen molar-refractivity contribution >= 4 is 5.91 Å². The van der Waals surface area contributed by atoms with Gasteiger partial charge in [0.1, 0.15) is 0 Å². The summed E-state index contributed by atoms with van der Waals surface area (Å²) in [6.45, 7) is 5.32. The van der Waals surface area contributed by atoms with Crippen LogP contribution in [-0.2, 0) is 4.79 Å². The maximum Gasteiger partial charge on any atom is 0.227 e. The van der Waals surface area contributed by atoms with Crippen LogP contribution in [0.2, 0.25) is 0 Å². The molecule has 0 aromatic heterocycles. The van der Waals surface area contributed by atoms with Crippen molar-refractivity contribution in [3.05, 3.63) is 12.2 Å². The summed E-state index contributed by atoms with van der Waals surface area (Å²) in [5, 5.41) is 3.09. The van der Waals surface area contributed by atoms with Crippen molar-refractivity contribution in [3.63, 3.8) is 0 Å². The van der Waals surface area contributed by atoms with Crippen LogP contribution in [0.4, 0.5) is 0 Å². The summed E-state index contributed by atoms with van der Waals surface area (Å²) in [6.07, 6.45) is 9.49. The predicted octanol–water partition coefficient (Wildman–Crippen LogP) is 2.22. The Morgan fingerprint density at radius 1 is 1.41 bits per heavy atom. The van der Waals surface area contributed by atoms with Crippen molar-refractivity contribution in [2.45, 2.75) is 46.0 Å². The van der Waals surface area contributed by atoms with Gasteiger partial charge in [-0.25, -0.2) is 0 Å². The van der Waals surface area contributed by atoms with Gasteiger partial charge in [-0.2, -0.15) is 0 Å². The van der Waals surface area contributed by atoms with Crippen molar-refractivity contribution in [1.82, 2.24) is 5.32 Å². The lowest BCUT2D eigenvalue weighted by Gasteiger charge is -2.29. The van der Waals surface area contributed by atoms with E-state index in [0.29, 0.717) is 12.5 Å². The Hall–Kier alpha value is -0.830. The maximum absolute atomic E-state index is 12.2. The summed E-state index contributed by atoms with van der Waals surface area (Å²) in [4.78, 5) is 12.2. The van der Waals surface area contributed by atoms with E-state index in [1.165, 1.54) is 6.42 Å². The molecule has 1 unspecified atom stereocenters. The van der Waals surface area contributed by atoms with E-state index in [-0.39, 0.29) is 11.3 Å². The Balaban J connectivity index is 2.44. The Morgan fingerprint density at radius 2 is 2.12 bits per heavy atom. The van der Waals surface area contributed by atoms with E-state index < -0.39 is 0 Å².